The first-order valence-electron chi connectivity index (χ1n) is 8.04. The van der Waals surface area contributed by atoms with Gasteiger partial charge in [0.05, 0.1) is 5.71 Å². The van der Waals surface area contributed by atoms with Crippen LogP contribution in [0.15, 0.2) is 45.2 Å². The average Bonchev–Trinajstić information content (AvgIpc) is 2.91. The van der Waals surface area contributed by atoms with Crippen LogP contribution < -0.4 is 0 Å². The van der Waals surface area contributed by atoms with Crippen molar-refractivity contribution in [1.82, 2.24) is 0 Å². The molecule has 2 nitrogen and oxygen atoms in total. The molecule has 3 rings (SSSR count). The van der Waals surface area contributed by atoms with E-state index in [-0.39, 0.29) is 0 Å². The first kappa shape index (κ1) is 18.2. The van der Waals surface area contributed by atoms with Crippen molar-refractivity contribution in [2.75, 3.05) is 0 Å². The van der Waals surface area contributed by atoms with Gasteiger partial charge in [0.2, 0.25) is 0 Å². The molecule has 1 aromatic heterocycles. The Hall–Kier alpha value is -2.18. The SMILES string of the molecule is CC#Cc1ccc2oc3ccc(/C(C)=N/S)cc3c2c1.CC(C)C. The third-order valence-corrected chi connectivity index (χ3v) is 3.61. The monoisotopic (exact) mass is 337 g/mol. The molecule has 0 spiro atoms. The number of fused-ring (bicyclic) bond motifs is 3. The molecule has 0 aliphatic rings. The fourth-order valence-corrected chi connectivity index (χ4v) is 2.40. The number of furan rings is 1. The summed E-state index contributed by atoms with van der Waals surface area (Å²) in [6, 6.07) is 12.1. The molecule has 0 atom stereocenters. The number of thiol groups is 1. The molecule has 0 amide bonds. The standard InChI is InChI=1S/C17H13NOS.C4H10/c1-3-4-12-5-7-16-14(9-12)15-10-13(11(2)18-20)6-8-17(15)19-16;1-4(2)3/h5-10,20H,1-2H3;4H,1-3H3/b18-11+;. The zero-order valence-electron chi connectivity index (χ0n) is 14.8. The molecule has 0 unspecified atom stereocenters. The van der Waals surface area contributed by atoms with Gasteiger partial charge in [-0.05, 0) is 74.5 Å². The zero-order valence-corrected chi connectivity index (χ0v) is 15.7. The van der Waals surface area contributed by atoms with E-state index in [0.717, 1.165) is 44.7 Å². The fourth-order valence-electron chi connectivity index (χ4n) is 2.28. The highest BCUT2D eigenvalue weighted by molar-refractivity contribution is 7.79. The van der Waals surface area contributed by atoms with Crippen LogP contribution in [-0.4, -0.2) is 5.71 Å². The Balaban J connectivity index is 0.000000471. The van der Waals surface area contributed by atoms with Gasteiger partial charge in [-0.3, -0.25) is 0 Å². The van der Waals surface area contributed by atoms with Crippen LogP contribution in [0.5, 0.6) is 0 Å². The van der Waals surface area contributed by atoms with E-state index >= 15 is 0 Å². The second-order valence-corrected chi connectivity index (χ2v) is 6.52. The third kappa shape index (κ3) is 4.21. The van der Waals surface area contributed by atoms with Crippen molar-refractivity contribution in [3.8, 4) is 11.8 Å². The van der Waals surface area contributed by atoms with Gasteiger partial charge in [0.15, 0.2) is 0 Å². The van der Waals surface area contributed by atoms with Crippen molar-refractivity contribution in [1.29, 1.82) is 0 Å². The lowest BCUT2D eigenvalue weighted by molar-refractivity contribution is 0.669. The maximum Gasteiger partial charge on any atom is 0.135 e. The fraction of sp³-hybridized carbons (Fsp3) is 0.286. The molecule has 24 heavy (non-hydrogen) atoms. The van der Waals surface area contributed by atoms with Crippen LogP contribution in [0, 0.1) is 17.8 Å². The van der Waals surface area contributed by atoms with E-state index in [1.165, 1.54) is 0 Å². The van der Waals surface area contributed by atoms with Gasteiger partial charge in [0.25, 0.3) is 0 Å². The zero-order chi connectivity index (χ0) is 17.7. The molecule has 124 valence electrons. The van der Waals surface area contributed by atoms with Crippen molar-refractivity contribution >= 4 is 40.5 Å². The summed E-state index contributed by atoms with van der Waals surface area (Å²) in [5.41, 5.74) is 4.67. The van der Waals surface area contributed by atoms with E-state index in [1.54, 1.807) is 0 Å². The van der Waals surface area contributed by atoms with Crippen molar-refractivity contribution < 1.29 is 4.42 Å². The van der Waals surface area contributed by atoms with Gasteiger partial charge in [-0.2, -0.15) is 0 Å². The molecule has 0 aliphatic heterocycles. The second kappa shape index (κ2) is 8.08. The quantitative estimate of drug-likeness (QED) is 0.316. The molecular weight excluding hydrogens is 314 g/mol. The summed E-state index contributed by atoms with van der Waals surface area (Å²) in [4.78, 5) is 0. The Labute approximate surface area is 149 Å². The molecule has 2 aromatic carbocycles. The normalized spacial score (nSPS) is 11.2. The maximum atomic E-state index is 5.85. The summed E-state index contributed by atoms with van der Waals surface area (Å²) < 4.78 is 9.78. The molecule has 3 heteroatoms. The molecule has 3 aromatic rings. The van der Waals surface area contributed by atoms with E-state index in [2.05, 4.69) is 62.0 Å². The Morgan fingerprint density at radius 1 is 1.04 bits per heavy atom. The highest BCUT2D eigenvalue weighted by Gasteiger charge is 2.09. The Morgan fingerprint density at radius 2 is 1.62 bits per heavy atom. The second-order valence-electron chi connectivity index (χ2n) is 6.32. The van der Waals surface area contributed by atoms with Crippen molar-refractivity contribution in [3.63, 3.8) is 0 Å². The average molecular weight is 337 g/mol. The first-order chi connectivity index (χ1) is 11.5. The molecule has 1 heterocycles. The molecule has 0 radical (unpaired) electrons. The van der Waals surface area contributed by atoms with Crippen molar-refractivity contribution in [2.24, 2.45) is 10.3 Å². The van der Waals surface area contributed by atoms with E-state index in [9.17, 15) is 0 Å². The Kier molecular flexibility index (Phi) is 6.11. The van der Waals surface area contributed by atoms with Gasteiger partial charge in [-0.1, -0.05) is 26.7 Å². The summed E-state index contributed by atoms with van der Waals surface area (Å²) in [5.74, 6) is 6.83. The van der Waals surface area contributed by atoms with Crippen molar-refractivity contribution in [2.45, 2.75) is 34.6 Å². The maximum absolute atomic E-state index is 5.85. The number of hydrogen-bond donors (Lipinski definition) is 1. The third-order valence-electron chi connectivity index (χ3n) is 3.31. The van der Waals surface area contributed by atoms with E-state index in [0.29, 0.717) is 0 Å². The largest absolute Gasteiger partial charge is 0.456 e. The molecule has 0 bridgehead atoms. The van der Waals surface area contributed by atoms with Gasteiger partial charge in [-0.15, -0.1) is 5.92 Å². The lowest BCUT2D eigenvalue weighted by Gasteiger charge is -1.98. The lowest BCUT2D eigenvalue weighted by atomic mass is 10.1. The highest BCUT2D eigenvalue weighted by atomic mass is 32.1. The van der Waals surface area contributed by atoms with Crippen LogP contribution in [-0.2, 0) is 0 Å². The lowest BCUT2D eigenvalue weighted by Crippen LogP contribution is -1.91. The van der Waals surface area contributed by atoms with Crippen LogP contribution in [0.25, 0.3) is 21.9 Å². The summed E-state index contributed by atoms with van der Waals surface area (Å²) in [5, 5.41) is 2.16. The van der Waals surface area contributed by atoms with Gasteiger partial charge in [-0.25, -0.2) is 4.40 Å². The van der Waals surface area contributed by atoms with Crippen LogP contribution >= 0.6 is 12.8 Å². The van der Waals surface area contributed by atoms with Gasteiger partial charge >= 0.3 is 0 Å². The van der Waals surface area contributed by atoms with E-state index in [1.807, 2.05) is 38.1 Å². The van der Waals surface area contributed by atoms with Crippen LogP contribution in [0.2, 0.25) is 0 Å². The minimum atomic E-state index is 0.833. The Morgan fingerprint density at radius 3 is 2.21 bits per heavy atom. The topological polar surface area (TPSA) is 25.5 Å². The number of rotatable bonds is 1. The van der Waals surface area contributed by atoms with Crippen molar-refractivity contribution in [3.05, 3.63) is 47.5 Å². The predicted molar refractivity (Wildman–Crippen MR) is 108 cm³/mol. The summed E-state index contributed by atoms with van der Waals surface area (Å²) in [6.07, 6.45) is 0. The summed E-state index contributed by atoms with van der Waals surface area (Å²) >= 11 is 3.97. The minimum Gasteiger partial charge on any atom is -0.456 e. The highest BCUT2D eigenvalue weighted by Crippen LogP contribution is 2.30. The van der Waals surface area contributed by atoms with Gasteiger partial charge < -0.3 is 4.42 Å². The van der Waals surface area contributed by atoms with E-state index < -0.39 is 0 Å². The minimum absolute atomic E-state index is 0.833. The molecule has 0 N–H and O–H groups in total. The van der Waals surface area contributed by atoms with Gasteiger partial charge in [0, 0.05) is 16.3 Å². The van der Waals surface area contributed by atoms with Gasteiger partial charge in [0.1, 0.15) is 11.2 Å². The molecule has 0 saturated carbocycles. The Bertz CT molecular complexity index is 936. The summed E-state index contributed by atoms with van der Waals surface area (Å²) in [6.45, 7) is 10.3. The number of benzene rings is 2. The summed E-state index contributed by atoms with van der Waals surface area (Å²) in [7, 11) is 0. The van der Waals surface area contributed by atoms with E-state index in [4.69, 9.17) is 4.42 Å². The molecule has 0 saturated heterocycles. The first-order valence-corrected chi connectivity index (χ1v) is 8.44. The molecule has 0 aliphatic carbocycles. The predicted octanol–water partition coefficient (Wildman–Crippen LogP) is 6.27. The van der Waals surface area contributed by atoms with Crippen LogP contribution in [0.4, 0.5) is 0 Å². The smallest absolute Gasteiger partial charge is 0.135 e. The van der Waals surface area contributed by atoms with Crippen LogP contribution in [0.3, 0.4) is 0 Å². The van der Waals surface area contributed by atoms with Crippen LogP contribution in [0.1, 0.15) is 45.7 Å². The number of nitrogens with zero attached hydrogens (tertiary/aromatic N) is 1. The molecular formula is C21H23NOS. The number of hydrogen-bond acceptors (Lipinski definition) is 3. The molecule has 0 fully saturated rings.